The molecule has 82 valence electrons. The summed E-state index contributed by atoms with van der Waals surface area (Å²) in [5.74, 6) is 0.126. The minimum absolute atomic E-state index is 0.0195. The predicted molar refractivity (Wildman–Crippen MR) is 55.3 cm³/mol. The molecular weight excluding hydrogens is 222 g/mol. The van der Waals surface area contributed by atoms with Crippen molar-refractivity contribution in [1.29, 1.82) is 0 Å². The second kappa shape index (κ2) is 5.53. The van der Waals surface area contributed by atoms with Crippen LogP contribution in [-0.4, -0.2) is 23.2 Å². The number of nitro benzene ring substituents is 1. The van der Waals surface area contributed by atoms with Crippen LogP contribution in [0.1, 0.15) is 6.42 Å². The largest absolute Gasteiger partial charge is 0.487 e. The Balaban J connectivity index is 2.82. The van der Waals surface area contributed by atoms with Crippen LogP contribution in [-0.2, 0) is 0 Å². The molecule has 0 saturated heterocycles. The third-order valence-electron chi connectivity index (χ3n) is 1.68. The molecule has 1 aromatic carbocycles. The van der Waals surface area contributed by atoms with Crippen LogP contribution < -0.4 is 4.74 Å². The Hall–Kier alpha value is -1.33. The molecule has 5 nitrogen and oxygen atoms in total. The van der Waals surface area contributed by atoms with Crippen molar-refractivity contribution in [2.24, 2.45) is 0 Å². The van der Waals surface area contributed by atoms with Gasteiger partial charge in [0.2, 0.25) is 0 Å². The van der Waals surface area contributed by atoms with E-state index in [-0.39, 0.29) is 24.7 Å². The second-order valence-corrected chi connectivity index (χ2v) is 3.23. The zero-order valence-corrected chi connectivity index (χ0v) is 8.61. The van der Waals surface area contributed by atoms with Crippen LogP contribution >= 0.6 is 11.6 Å². The summed E-state index contributed by atoms with van der Waals surface area (Å²) < 4.78 is 5.13. The Morgan fingerprint density at radius 3 is 2.87 bits per heavy atom. The summed E-state index contributed by atoms with van der Waals surface area (Å²) in [5.41, 5.74) is -0.127. The van der Waals surface area contributed by atoms with Crippen molar-refractivity contribution in [3.8, 4) is 5.75 Å². The fraction of sp³-hybridized carbons (Fsp3) is 0.333. The Morgan fingerprint density at radius 1 is 1.53 bits per heavy atom. The van der Waals surface area contributed by atoms with E-state index in [0.29, 0.717) is 11.4 Å². The average molecular weight is 232 g/mol. The number of aliphatic hydroxyl groups excluding tert-OH is 1. The highest BCUT2D eigenvalue weighted by Crippen LogP contribution is 2.29. The fourth-order valence-electron chi connectivity index (χ4n) is 1.00. The number of benzene rings is 1. The lowest BCUT2D eigenvalue weighted by Gasteiger charge is -2.05. The molecule has 1 rings (SSSR count). The number of halogens is 1. The number of ether oxygens (including phenoxy) is 1. The SMILES string of the molecule is O=[N+]([O-])c1ccc(Cl)cc1OCCCO. The number of rotatable bonds is 5. The second-order valence-electron chi connectivity index (χ2n) is 2.79. The molecule has 0 aliphatic rings. The van der Waals surface area contributed by atoms with E-state index in [1.54, 1.807) is 0 Å². The van der Waals surface area contributed by atoms with Gasteiger partial charge in [0, 0.05) is 30.2 Å². The Labute approximate surface area is 91.4 Å². The first kappa shape index (κ1) is 11.7. The summed E-state index contributed by atoms with van der Waals surface area (Å²) in [5, 5.41) is 19.5. The zero-order valence-electron chi connectivity index (χ0n) is 7.85. The molecule has 0 aliphatic carbocycles. The van der Waals surface area contributed by atoms with E-state index >= 15 is 0 Å². The highest BCUT2D eigenvalue weighted by atomic mass is 35.5. The van der Waals surface area contributed by atoms with Crippen molar-refractivity contribution in [2.75, 3.05) is 13.2 Å². The van der Waals surface area contributed by atoms with Crippen molar-refractivity contribution in [1.82, 2.24) is 0 Å². The maximum Gasteiger partial charge on any atom is 0.311 e. The smallest absolute Gasteiger partial charge is 0.311 e. The van der Waals surface area contributed by atoms with Gasteiger partial charge in [0.25, 0.3) is 0 Å². The van der Waals surface area contributed by atoms with Crippen molar-refractivity contribution < 1.29 is 14.8 Å². The van der Waals surface area contributed by atoms with Crippen LogP contribution in [0.4, 0.5) is 5.69 Å². The third-order valence-corrected chi connectivity index (χ3v) is 1.91. The molecule has 0 bridgehead atoms. The number of aliphatic hydroxyl groups is 1. The number of nitrogens with zero attached hydrogens (tertiary/aromatic N) is 1. The molecule has 0 fully saturated rings. The van der Waals surface area contributed by atoms with E-state index in [0.717, 1.165) is 0 Å². The summed E-state index contributed by atoms with van der Waals surface area (Å²) in [6.07, 6.45) is 0.420. The van der Waals surface area contributed by atoms with E-state index in [2.05, 4.69) is 0 Å². The van der Waals surface area contributed by atoms with Gasteiger partial charge >= 0.3 is 5.69 Å². The van der Waals surface area contributed by atoms with Gasteiger partial charge in [-0.3, -0.25) is 10.1 Å². The van der Waals surface area contributed by atoms with Crippen LogP contribution in [0.3, 0.4) is 0 Å². The molecule has 0 unspecified atom stereocenters. The number of hydrogen-bond donors (Lipinski definition) is 1. The first-order chi connectivity index (χ1) is 7.15. The topological polar surface area (TPSA) is 72.6 Å². The van der Waals surface area contributed by atoms with Crippen molar-refractivity contribution in [3.05, 3.63) is 33.3 Å². The Morgan fingerprint density at radius 2 is 2.27 bits per heavy atom. The Kier molecular flexibility index (Phi) is 4.33. The summed E-state index contributed by atoms with van der Waals surface area (Å²) >= 11 is 5.68. The monoisotopic (exact) mass is 231 g/mol. The zero-order chi connectivity index (χ0) is 11.3. The lowest BCUT2D eigenvalue weighted by Crippen LogP contribution is -2.02. The predicted octanol–water partition coefficient (Wildman–Crippen LogP) is 2.01. The summed E-state index contributed by atoms with van der Waals surface area (Å²) in [4.78, 5) is 10.1. The van der Waals surface area contributed by atoms with E-state index in [1.807, 2.05) is 0 Å². The number of hydrogen-bond acceptors (Lipinski definition) is 4. The molecule has 0 heterocycles. The maximum absolute atomic E-state index is 10.6. The normalized spacial score (nSPS) is 10.0. The van der Waals surface area contributed by atoms with Crippen LogP contribution in [0, 0.1) is 10.1 Å². The molecule has 1 aromatic rings. The maximum atomic E-state index is 10.6. The molecule has 0 aliphatic heterocycles. The summed E-state index contributed by atoms with van der Waals surface area (Å²) in [6, 6.07) is 4.10. The van der Waals surface area contributed by atoms with Crippen LogP contribution in [0.2, 0.25) is 5.02 Å². The molecule has 0 atom stereocenters. The van der Waals surface area contributed by atoms with Gasteiger partial charge in [0.05, 0.1) is 11.5 Å². The molecule has 1 N–H and O–H groups in total. The van der Waals surface area contributed by atoms with Gasteiger partial charge in [-0.2, -0.15) is 0 Å². The van der Waals surface area contributed by atoms with Crippen LogP contribution in [0.25, 0.3) is 0 Å². The minimum Gasteiger partial charge on any atom is -0.487 e. The molecule has 0 aromatic heterocycles. The summed E-state index contributed by atoms with van der Waals surface area (Å²) in [6.45, 7) is 0.200. The number of nitro groups is 1. The highest BCUT2D eigenvalue weighted by molar-refractivity contribution is 6.30. The van der Waals surface area contributed by atoms with Gasteiger partial charge in [-0.15, -0.1) is 0 Å². The minimum atomic E-state index is -0.537. The van der Waals surface area contributed by atoms with Crippen molar-refractivity contribution in [3.63, 3.8) is 0 Å². The van der Waals surface area contributed by atoms with E-state index < -0.39 is 4.92 Å². The van der Waals surface area contributed by atoms with Crippen molar-refractivity contribution in [2.45, 2.75) is 6.42 Å². The van der Waals surface area contributed by atoms with Gasteiger partial charge in [-0.1, -0.05) is 11.6 Å². The molecule has 0 amide bonds. The van der Waals surface area contributed by atoms with E-state index in [9.17, 15) is 10.1 Å². The fourth-order valence-corrected chi connectivity index (χ4v) is 1.16. The van der Waals surface area contributed by atoms with Crippen LogP contribution in [0.15, 0.2) is 18.2 Å². The van der Waals surface area contributed by atoms with Gasteiger partial charge in [0.15, 0.2) is 5.75 Å². The third kappa shape index (κ3) is 3.38. The Bertz CT molecular complexity index is 356. The highest BCUT2D eigenvalue weighted by Gasteiger charge is 2.14. The lowest BCUT2D eigenvalue weighted by molar-refractivity contribution is -0.385. The van der Waals surface area contributed by atoms with E-state index in [4.69, 9.17) is 21.4 Å². The first-order valence-corrected chi connectivity index (χ1v) is 4.70. The molecule has 0 saturated carbocycles. The van der Waals surface area contributed by atoms with E-state index in [1.165, 1.54) is 18.2 Å². The first-order valence-electron chi connectivity index (χ1n) is 4.32. The molecule has 0 spiro atoms. The molecule has 0 radical (unpaired) electrons. The molecule has 15 heavy (non-hydrogen) atoms. The van der Waals surface area contributed by atoms with Gasteiger partial charge in [0.1, 0.15) is 0 Å². The molecule has 6 heteroatoms. The lowest BCUT2D eigenvalue weighted by atomic mass is 10.3. The van der Waals surface area contributed by atoms with Gasteiger partial charge < -0.3 is 9.84 Å². The average Bonchev–Trinajstić information content (AvgIpc) is 2.18. The molecular formula is C9H10ClNO4. The van der Waals surface area contributed by atoms with Crippen LogP contribution in [0.5, 0.6) is 5.75 Å². The van der Waals surface area contributed by atoms with Gasteiger partial charge in [-0.05, 0) is 6.07 Å². The van der Waals surface area contributed by atoms with Crippen molar-refractivity contribution >= 4 is 17.3 Å². The summed E-state index contributed by atoms with van der Waals surface area (Å²) in [7, 11) is 0. The quantitative estimate of drug-likeness (QED) is 0.478. The standard InChI is InChI=1S/C9H10ClNO4/c10-7-2-3-8(11(13)14)9(6-7)15-5-1-4-12/h2-3,6,12H,1,4-5H2. The van der Waals surface area contributed by atoms with Gasteiger partial charge in [-0.25, -0.2) is 0 Å².